The summed E-state index contributed by atoms with van der Waals surface area (Å²) in [5.74, 6) is 0.594. The Morgan fingerprint density at radius 3 is 2.36 bits per heavy atom. The molecule has 2 aliphatic rings. The SMILES string of the molecule is CC(CN)C(C)N1C2CCC1COC2. The van der Waals surface area contributed by atoms with Crippen LogP contribution in [0.1, 0.15) is 26.7 Å². The fraction of sp³-hybridized carbons (Fsp3) is 1.00. The minimum atomic E-state index is 0.594. The number of nitrogens with two attached hydrogens (primary N) is 1. The summed E-state index contributed by atoms with van der Waals surface area (Å²) in [6.45, 7) is 7.21. The molecule has 3 heteroatoms. The van der Waals surface area contributed by atoms with E-state index in [1.807, 2.05) is 0 Å². The number of morpholine rings is 1. The second kappa shape index (κ2) is 4.17. The molecule has 2 aliphatic heterocycles. The van der Waals surface area contributed by atoms with Crippen LogP contribution in [0.5, 0.6) is 0 Å². The van der Waals surface area contributed by atoms with E-state index in [1.165, 1.54) is 12.8 Å². The highest BCUT2D eigenvalue weighted by molar-refractivity contribution is 4.94. The molecule has 2 N–H and O–H groups in total. The summed E-state index contributed by atoms with van der Waals surface area (Å²) >= 11 is 0. The van der Waals surface area contributed by atoms with Crippen molar-refractivity contribution in [3.05, 3.63) is 0 Å². The highest BCUT2D eigenvalue weighted by atomic mass is 16.5. The van der Waals surface area contributed by atoms with Gasteiger partial charge in [-0.15, -0.1) is 0 Å². The van der Waals surface area contributed by atoms with Gasteiger partial charge in [0.2, 0.25) is 0 Å². The van der Waals surface area contributed by atoms with Gasteiger partial charge in [0, 0.05) is 18.1 Å². The predicted molar refractivity (Wildman–Crippen MR) is 57.1 cm³/mol. The fourth-order valence-electron chi connectivity index (χ4n) is 2.82. The Hall–Kier alpha value is -0.120. The second-order valence-electron chi connectivity index (χ2n) is 4.82. The Labute approximate surface area is 86.6 Å². The van der Waals surface area contributed by atoms with Crippen LogP contribution in [0.2, 0.25) is 0 Å². The van der Waals surface area contributed by atoms with Crippen LogP contribution in [0.15, 0.2) is 0 Å². The van der Waals surface area contributed by atoms with Gasteiger partial charge in [-0.25, -0.2) is 0 Å². The zero-order chi connectivity index (χ0) is 10.1. The van der Waals surface area contributed by atoms with E-state index < -0.39 is 0 Å². The van der Waals surface area contributed by atoms with E-state index in [1.54, 1.807) is 0 Å². The number of rotatable bonds is 3. The molecule has 4 atom stereocenters. The third-order valence-electron chi connectivity index (χ3n) is 3.96. The summed E-state index contributed by atoms with van der Waals surface area (Å²) in [6, 6.07) is 1.94. The lowest BCUT2D eigenvalue weighted by Gasteiger charge is -2.41. The highest BCUT2D eigenvalue weighted by Gasteiger charge is 2.40. The molecule has 0 aromatic heterocycles. The third kappa shape index (κ3) is 1.69. The van der Waals surface area contributed by atoms with Crippen molar-refractivity contribution < 1.29 is 4.74 Å². The molecule has 82 valence electrons. The lowest BCUT2D eigenvalue weighted by molar-refractivity contribution is -0.0421. The molecule has 3 nitrogen and oxygen atoms in total. The van der Waals surface area contributed by atoms with Crippen LogP contribution in [0.4, 0.5) is 0 Å². The average Bonchev–Trinajstić information content (AvgIpc) is 2.46. The number of fused-ring (bicyclic) bond motifs is 2. The number of ether oxygens (including phenoxy) is 1. The zero-order valence-corrected chi connectivity index (χ0v) is 9.28. The molecule has 0 aromatic rings. The number of hydrogen-bond acceptors (Lipinski definition) is 3. The van der Waals surface area contributed by atoms with Gasteiger partial charge in [-0.2, -0.15) is 0 Å². The van der Waals surface area contributed by atoms with E-state index in [0.717, 1.165) is 19.8 Å². The molecule has 14 heavy (non-hydrogen) atoms. The lowest BCUT2D eigenvalue weighted by Crippen LogP contribution is -2.53. The molecule has 0 aliphatic carbocycles. The van der Waals surface area contributed by atoms with Crippen molar-refractivity contribution in [2.45, 2.75) is 44.8 Å². The lowest BCUT2D eigenvalue weighted by atomic mass is 10.00. The van der Waals surface area contributed by atoms with Crippen molar-refractivity contribution in [2.75, 3.05) is 19.8 Å². The van der Waals surface area contributed by atoms with Crippen molar-refractivity contribution in [2.24, 2.45) is 11.7 Å². The van der Waals surface area contributed by atoms with Gasteiger partial charge >= 0.3 is 0 Å². The summed E-state index contributed by atoms with van der Waals surface area (Å²) in [5.41, 5.74) is 5.73. The molecular formula is C11H22N2O. The maximum atomic E-state index is 5.73. The van der Waals surface area contributed by atoms with Crippen LogP contribution in [-0.2, 0) is 4.74 Å². The van der Waals surface area contributed by atoms with Crippen LogP contribution in [0, 0.1) is 5.92 Å². The van der Waals surface area contributed by atoms with E-state index >= 15 is 0 Å². The maximum Gasteiger partial charge on any atom is 0.0622 e. The largest absolute Gasteiger partial charge is 0.378 e. The van der Waals surface area contributed by atoms with Crippen LogP contribution < -0.4 is 5.73 Å². The fourth-order valence-corrected chi connectivity index (χ4v) is 2.82. The minimum Gasteiger partial charge on any atom is -0.378 e. The van der Waals surface area contributed by atoms with Gasteiger partial charge in [-0.3, -0.25) is 4.90 Å². The van der Waals surface area contributed by atoms with E-state index in [4.69, 9.17) is 10.5 Å². The Morgan fingerprint density at radius 1 is 1.29 bits per heavy atom. The van der Waals surface area contributed by atoms with Gasteiger partial charge in [-0.1, -0.05) is 6.92 Å². The van der Waals surface area contributed by atoms with Crippen molar-refractivity contribution >= 4 is 0 Å². The van der Waals surface area contributed by atoms with Gasteiger partial charge in [0.1, 0.15) is 0 Å². The van der Waals surface area contributed by atoms with E-state index in [0.29, 0.717) is 24.0 Å². The summed E-state index contributed by atoms with van der Waals surface area (Å²) in [6.07, 6.45) is 2.62. The molecule has 2 fully saturated rings. The van der Waals surface area contributed by atoms with Crippen LogP contribution >= 0.6 is 0 Å². The van der Waals surface area contributed by atoms with Crippen molar-refractivity contribution in [3.63, 3.8) is 0 Å². The Morgan fingerprint density at radius 2 is 1.86 bits per heavy atom. The first-order valence-electron chi connectivity index (χ1n) is 5.79. The summed E-state index contributed by atoms with van der Waals surface area (Å²) in [7, 11) is 0. The molecule has 0 amide bonds. The highest BCUT2D eigenvalue weighted by Crippen LogP contribution is 2.32. The molecule has 0 aromatic carbocycles. The topological polar surface area (TPSA) is 38.5 Å². The van der Waals surface area contributed by atoms with Crippen molar-refractivity contribution in [1.29, 1.82) is 0 Å². The van der Waals surface area contributed by atoms with Gasteiger partial charge < -0.3 is 10.5 Å². The Kier molecular flexibility index (Phi) is 3.10. The molecule has 4 unspecified atom stereocenters. The molecule has 2 heterocycles. The first-order valence-corrected chi connectivity index (χ1v) is 5.79. The van der Waals surface area contributed by atoms with Crippen LogP contribution in [0.3, 0.4) is 0 Å². The number of nitrogens with zero attached hydrogens (tertiary/aromatic N) is 1. The molecule has 0 radical (unpaired) electrons. The van der Waals surface area contributed by atoms with E-state index in [9.17, 15) is 0 Å². The number of hydrogen-bond donors (Lipinski definition) is 1. The molecule has 2 bridgehead atoms. The summed E-state index contributed by atoms with van der Waals surface area (Å²) in [5, 5.41) is 0. The second-order valence-corrected chi connectivity index (χ2v) is 4.82. The third-order valence-corrected chi connectivity index (χ3v) is 3.96. The first-order chi connectivity index (χ1) is 6.74. The minimum absolute atomic E-state index is 0.594. The zero-order valence-electron chi connectivity index (χ0n) is 9.28. The molecule has 2 saturated heterocycles. The Balaban J connectivity index is 2.03. The maximum absolute atomic E-state index is 5.73. The summed E-state index contributed by atoms with van der Waals surface area (Å²) in [4.78, 5) is 2.65. The standard InChI is InChI=1S/C11H22N2O/c1-8(5-12)9(2)13-10-3-4-11(13)7-14-6-10/h8-11H,3-7,12H2,1-2H3. The molecule has 2 rings (SSSR count). The van der Waals surface area contributed by atoms with Gasteiger partial charge in [0.05, 0.1) is 13.2 Å². The quantitative estimate of drug-likeness (QED) is 0.730. The van der Waals surface area contributed by atoms with Crippen LogP contribution in [-0.4, -0.2) is 42.8 Å². The predicted octanol–water partition coefficient (Wildman–Crippen LogP) is 0.833. The van der Waals surface area contributed by atoms with Crippen LogP contribution in [0.25, 0.3) is 0 Å². The van der Waals surface area contributed by atoms with Gasteiger partial charge in [-0.05, 0) is 32.2 Å². The molecular weight excluding hydrogens is 176 g/mol. The van der Waals surface area contributed by atoms with Gasteiger partial charge in [0.15, 0.2) is 0 Å². The smallest absolute Gasteiger partial charge is 0.0622 e. The first kappa shape index (κ1) is 10.4. The van der Waals surface area contributed by atoms with E-state index in [2.05, 4.69) is 18.7 Å². The van der Waals surface area contributed by atoms with Crippen molar-refractivity contribution in [1.82, 2.24) is 4.90 Å². The van der Waals surface area contributed by atoms with Gasteiger partial charge in [0.25, 0.3) is 0 Å². The molecule has 0 spiro atoms. The van der Waals surface area contributed by atoms with Crippen molar-refractivity contribution in [3.8, 4) is 0 Å². The normalized spacial score (nSPS) is 37.1. The van der Waals surface area contributed by atoms with E-state index in [-0.39, 0.29) is 0 Å². The Bertz CT molecular complexity index is 182. The molecule has 0 saturated carbocycles. The monoisotopic (exact) mass is 198 g/mol. The average molecular weight is 198 g/mol. The summed E-state index contributed by atoms with van der Waals surface area (Å²) < 4.78 is 5.58.